The molecule has 6 nitrogen and oxygen atoms in total. The van der Waals surface area contributed by atoms with Crippen molar-refractivity contribution in [3.05, 3.63) is 99.8 Å². The highest BCUT2D eigenvalue weighted by Gasteiger charge is 2.17. The molecule has 1 heterocycles. The van der Waals surface area contributed by atoms with Gasteiger partial charge < -0.3 is 10.6 Å². The van der Waals surface area contributed by atoms with Gasteiger partial charge in [0.2, 0.25) is 0 Å². The van der Waals surface area contributed by atoms with Gasteiger partial charge in [0.05, 0.1) is 12.2 Å². The van der Waals surface area contributed by atoms with Crippen LogP contribution in [0, 0.1) is 20.8 Å². The molecule has 0 radical (unpaired) electrons. The van der Waals surface area contributed by atoms with Gasteiger partial charge in [-0.25, -0.2) is 4.79 Å². The molecule has 0 unspecified atom stereocenters. The van der Waals surface area contributed by atoms with E-state index in [4.69, 9.17) is 11.6 Å². The molecule has 0 bridgehead atoms. The Morgan fingerprint density at radius 1 is 0.971 bits per heavy atom. The van der Waals surface area contributed by atoms with Crippen molar-refractivity contribution in [1.82, 2.24) is 20.1 Å². The summed E-state index contributed by atoms with van der Waals surface area (Å²) >= 11 is 7.91. The second-order valence-corrected chi connectivity index (χ2v) is 9.50. The first kappa shape index (κ1) is 23.9. The van der Waals surface area contributed by atoms with Crippen LogP contribution in [0.25, 0.3) is 5.69 Å². The number of aromatic nitrogens is 3. The summed E-state index contributed by atoms with van der Waals surface area (Å²) in [6, 6.07) is 21.5. The minimum absolute atomic E-state index is 0.210. The fourth-order valence-electron chi connectivity index (χ4n) is 3.58. The number of hydrogen-bond acceptors (Lipinski definition) is 4. The highest BCUT2D eigenvalue weighted by atomic mass is 35.5. The lowest BCUT2D eigenvalue weighted by atomic mass is 10.2. The second-order valence-electron chi connectivity index (χ2n) is 8.12. The molecule has 0 aliphatic heterocycles. The number of thioether (sulfide) groups is 1. The first-order chi connectivity index (χ1) is 16.4. The van der Waals surface area contributed by atoms with Gasteiger partial charge in [0.25, 0.3) is 0 Å². The number of anilines is 1. The van der Waals surface area contributed by atoms with Crippen molar-refractivity contribution in [3.63, 3.8) is 0 Å². The zero-order valence-electron chi connectivity index (χ0n) is 19.3. The van der Waals surface area contributed by atoms with Crippen LogP contribution in [0.5, 0.6) is 0 Å². The van der Waals surface area contributed by atoms with E-state index >= 15 is 0 Å². The van der Waals surface area contributed by atoms with E-state index in [1.54, 1.807) is 11.8 Å². The van der Waals surface area contributed by atoms with Crippen molar-refractivity contribution >= 4 is 35.1 Å². The van der Waals surface area contributed by atoms with Gasteiger partial charge >= 0.3 is 6.03 Å². The van der Waals surface area contributed by atoms with Gasteiger partial charge in [0, 0.05) is 16.5 Å². The molecule has 4 aromatic rings. The Hall–Kier alpha value is -3.29. The molecule has 0 fully saturated rings. The van der Waals surface area contributed by atoms with E-state index in [9.17, 15) is 4.79 Å². The van der Waals surface area contributed by atoms with Gasteiger partial charge in [-0.15, -0.1) is 10.2 Å². The predicted octanol–water partition coefficient (Wildman–Crippen LogP) is 6.46. The van der Waals surface area contributed by atoms with Gasteiger partial charge in [-0.05, 0) is 61.7 Å². The number of nitrogens with one attached hydrogen (secondary N) is 2. The monoisotopic (exact) mass is 491 g/mol. The molecule has 3 aromatic carbocycles. The van der Waals surface area contributed by atoms with Gasteiger partial charge in [-0.3, -0.25) is 4.57 Å². The van der Waals surface area contributed by atoms with Crippen molar-refractivity contribution in [2.24, 2.45) is 0 Å². The van der Waals surface area contributed by atoms with Crippen LogP contribution in [0.3, 0.4) is 0 Å². The minimum atomic E-state index is -0.308. The van der Waals surface area contributed by atoms with E-state index in [1.165, 1.54) is 11.1 Å². The Kier molecular flexibility index (Phi) is 7.55. The number of benzene rings is 3. The SMILES string of the molecule is Cc1cccc(CSc2nnc(CNC(=O)Nc3cccc(C)c3)n2-c2cc(Cl)ccc2C)c1. The first-order valence-electron chi connectivity index (χ1n) is 10.9. The molecule has 1 aromatic heterocycles. The van der Waals surface area contributed by atoms with Crippen LogP contribution in [0.4, 0.5) is 10.5 Å². The lowest BCUT2D eigenvalue weighted by molar-refractivity contribution is 0.251. The van der Waals surface area contributed by atoms with Crippen LogP contribution < -0.4 is 10.6 Å². The normalized spacial score (nSPS) is 10.8. The average molecular weight is 492 g/mol. The Bertz CT molecular complexity index is 1320. The van der Waals surface area contributed by atoms with Gasteiger partial charge in [-0.2, -0.15) is 0 Å². The quantitative estimate of drug-likeness (QED) is 0.291. The molecule has 174 valence electrons. The summed E-state index contributed by atoms with van der Waals surface area (Å²) in [5.41, 5.74) is 6.16. The number of halogens is 1. The number of amides is 2. The third-order valence-electron chi connectivity index (χ3n) is 5.25. The summed E-state index contributed by atoms with van der Waals surface area (Å²) in [7, 11) is 0. The molecule has 2 N–H and O–H groups in total. The van der Waals surface area contributed by atoms with Gasteiger partial charge in [-0.1, -0.05) is 71.4 Å². The molecule has 0 atom stereocenters. The van der Waals surface area contributed by atoms with Crippen LogP contribution in [0.15, 0.2) is 71.9 Å². The van der Waals surface area contributed by atoms with Crippen LogP contribution in [-0.2, 0) is 12.3 Å². The number of aryl methyl sites for hydroxylation is 3. The van der Waals surface area contributed by atoms with Crippen molar-refractivity contribution in [2.45, 2.75) is 38.2 Å². The van der Waals surface area contributed by atoms with Crippen LogP contribution in [-0.4, -0.2) is 20.8 Å². The summed E-state index contributed by atoms with van der Waals surface area (Å²) in [5.74, 6) is 1.37. The lowest BCUT2D eigenvalue weighted by Crippen LogP contribution is -2.29. The number of hydrogen-bond donors (Lipinski definition) is 2. The third kappa shape index (κ3) is 5.98. The molecule has 0 saturated heterocycles. The third-order valence-corrected chi connectivity index (χ3v) is 6.48. The van der Waals surface area contributed by atoms with E-state index in [0.29, 0.717) is 10.8 Å². The fourth-order valence-corrected chi connectivity index (χ4v) is 4.65. The minimum Gasteiger partial charge on any atom is -0.331 e. The molecule has 4 rings (SSSR count). The molecule has 0 aliphatic carbocycles. The maximum absolute atomic E-state index is 12.5. The molecular formula is C26H26ClN5OS. The lowest BCUT2D eigenvalue weighted by Gasteiger charge is -2.14. The van der Waals surface area contributed by atoms with E-state index in [0.717, 1.165) is 33.4 Å². The highest BCUT2D eigenvalue weighted by molar-refractivity contribution is 7.98. The van der Waals surface area contributed by atoms with Gasteiger partial charge in [0.1, 0.15) is 0 Å². The van der Waals surface area contributed by atoms with E-state index in [2.05, 4.69) is 52.0 Å². The summed E-state index contributed by atoms with van der Waals surface area (Å²) in [4.78, 5) is 12.5. The summed E-state index contributed by atoms with van der Waals surface area (Å²) in [6.07, 6.45) is 0. The van der Waals surface area contributed by atoms with E-state index in [1.807, 2.05) is 60.9 Å². The largest absolute Gasteiger partial charge is 0.331 e. The Balaban J connectivity index is 1.56. The number of carbonyl (C=O) groups is 1. The first-order valence-corrected chi connectivity index (χ1v) is 12.3. The molecule has 34 heavy (non-hydrogen) atoms. The summed E-state index contributed by atoms with van der Waals surface area (Å²) < 4.78 is 1.97. The second kappa shape index (κ2) is 10.8. The number of carbonyl (C=O) groups excluding carboxylic acids is 1. The zero-order chi connectivity index (χ0) is 24.1. The fraction of sp³-hybridized carbons (Fsp3) is 0.192. The van der Waals surface area contributed by atoms with E-state index < -0.39 is 0 Å². The van der Waals surface area contributed by atoms with Crippen LogP contribution in [0.1, 0.15) is 28.1 Å². The summed E-state index contributed by atoms with van der Waals surface area (Å²) in [5, 5.41) is 15.9. The molecule has 0 aliphatic rings. The van der Waals surface area contributed by atoms with Gasteiger partial charge in [0.15, 0.2) is 11.0 Å². The van der Waals surface area contributed by atoms with Crippen LogP contribution >= 0.6 is 23.4 Å². The molecule has 0 spiro atoms. The highest BCUT2D eigenvalue weighted by Crippen LogP contribution is 2.28. The number of nitrogens with zero attached hydrogens (tertiary/aromatic N) is 3. The van der Waals surface area contributed by atoms with E-state index in [-0.39, 0.29) is 12.6 Å². The molecule has 0 saturated carbocycles. The molecule has 8 heteroatoms. The van der Waals surface area contributed by atoms with Crippen LogP contribution in [0.2, 0.25) is 5.02 Å². The van der Waals surface area contributed by atoms with Crippen molar-refractivity contribution < 1.29 is 4.79 Å². The maximum atomic E-state index is 12.5. The predicted molar refractivity (Wildman–Crippen MR) is 139 cm³/mol. The maximum Gasteiger partial charge on any atom is 0.319 e. The number of rotatable bonds is 7. The topological polar surface area (TPSA) is 71.8 Å². The summed E-state index contributed by atoms with van der Waals surface area (Å²) in [6.45, 7) is 6.29. The standard InChI is InChI=1S/C26H26ClN5OS/c1-17-6-4-8-20(12-17)16-34-26-31-30-24(32(26)23-14-21(27)11-10-19(23)3)15-28-25(33)29-22-9-5-7-18(2)13-22/h4-14H,15-16H2,1-3H3,(H2,28,29,33). The van der Waals surface area contributed by atoms with Crippen molar-refractivity contribution in [1.29, 1.82) is 0 Å². The van der Waals surface area contributed by atoms with Crippen molar-refractivity contribution in [3.8, 4) is 5.69 Å². The average Bonchev–Trinajstić information content (AvgIpc) is 3.20. The smallest absolute Gasteiger partial charge is 0.319 e. The Morgan fingerprint density at radius 3 is 2.50 bits per heavy atom. The zero-order valence-corrected chi connectivity index (χ0v) is 20.9. The molecular weight excluding hydrogens is 466 g/mol. The molecule has 2 amide bonds. The Morgan fingerprint density at radius 2 is 1.74 bits per heavy atom. The number of urea groups is 1. The Labute approximate surface area is 208 Å². The van der Waals surface area contributed by atoms with Crippen molar-refractivity contribution in [2.75, 3.05) is 5.32 Å².